The van der Waals surface area contributed by atoms with Gasteiger partial charge in [-0.1, -0.05) is 132 Å². The van der Waals surface area contributed by atoms with Crippen LogP contribution in [0.15, 0.2) is 72.8 Å². The highest BCUT2D eigenvalue weighted by molar-refractivity contribution is 6.10. The number of aromatic amines is 6. The van der Waals surface area contributed by atoms with E-state index in [0.29, 0.717) is 5.82 Å². The van der Waals surface area contributed by atoms with Gasteiger partial charge in [-0.05, 0) is 68.2 Å². The summed E-state index contributed by atoms with van der Waals surface area (Å²) in [5.74, 6) is 1.43. The van der Waals surface area contributed by atoms with Gasteiger partial charge in [0.05, 0.1) is 0 Å². The number of nitrogens with one attached hydrogen (secondary N) is 6. The second-order valence-corrected chi connectivity index (χ2v) is 19.9. The minimum absolute atomic E-state index is 0.0256. The Morgan fingerprint density at radius 2 is 0.714 bits per heavy atom. The van der Waals surface area contributed by atoms with Gasteiger partial charge in [-0.25, -0.2) is 9.97 Å². The van der Waals surface area contributed by atoms with Crippen LogP contribution < -0.4 is 0 Å². The first-order chi connectivity index (χ1) is 26.2. The summed E-state index contributed by atoms with van der Waals surface area (Å²) < 4.78 is 0. The molecule has 8 heteroatoms. The number of aromatic nitrogens is 8. The lowest BCUT2D eigenvalue weighted by atomic mass is 9.85. The largest absolute Gasteiger partial charge is 0.327 e. The molecule has 4 aromatic carbocycles. The van der Waals surface area contributed by atoms with Crippen LogP contribution in [0.1, 0.15) is 105 Å². The summed E-state index contributed by atoms with van der Waals surface area (Å²) in [4.78, 5) is 33.4. The third-order valence-electron chi connectivity index (χ3n) is 11.6. The molecule has 6 N–H and O–H groups in total. The molecule has 9 rings (SSSR count). The minimum atomic E-state index is -0.0458. The SMILES string of the molecule is CC(C)(C)c1ccc2c(c1)-c1nc-2[nH]c2[nH]c([nH]c3[nH]c([nH]c4[nH]c(n1)c1ccc(C(C)(C)C)cc41)c1ccc(C(C)(C)C)cc31)c1ccc(C(C)(C)C)cc21. The van der Waals surface area contributed by atoms with Crippen LogP contribution in [0.4, 0.5) is 0 Å². The maximum absolute atomic E-state index is 5.37. The first kappa shape index (κ1) is 35.9. The average Bonchev–Trinajstić information content (AvgIpc) is 3.84. The number of rotatable bonds is 0. The van der Waals surface area contributed by atoms with Crippen LogP contribution >= 0.6 is 0 Å². The van der Waals surface area contributed by atoms with Gasteiger partial charge in [0.15, 0.2) is 5.82 Å². The van der Waals surface area contributed by atoms with E-state index in [0.717, 1.165) is 83.2 Å². The fraction of sp³-hybridized carbons (Fsp3) is 0.333. The zero-order valence-corrected chi connectivity index (χ0v) is 34.8. The summed E-state index contributed by atoms with van der Waals surface area (Å²) in [6.45, 7) is 27.1. The smallest absolute Gasteiger partial charge is 0.164 e. The fourth-order valence-corrected chi connectivity index (χ4v) is 7.93. The third-order valence-corrected chi connectivity index (χ3v) is 11.6. The lowest BCUT2D eigenvalue weighted by molar-refractivity contribution is 0.590. The topological polar surface area (TPSA) is 121 Å². The van der Waals surface area contributed by atoms with Crippen molar-refractivity contribution in [2.45, 2.75) is 105 Å². The molecule has 0 spiro atoms. The molecule has 0 fully saturated rings. The van der Waals surface area contributed by atoms with Crippen molar-refractivity contribution in [2.24, 2.45) is 0 Å². The van der Waals surface area contributed by atoms with Crippen LogP contribution in [0.25, 0.3) is 89.0 Å². The number of benzene rings is 4. The normalized spacial score (nSPS) is 13.4. The van der Waals surface area contributed by atoms with Crippen LogP contribution in [0.5, 0.6) is 0 Å². The lowest BCUT2D eigenvalue weighted by Gasteiger charge is -2.19. The van der Waals surface area contributed by atoms with E-state index < -0.39 is 0 Å². The Kier molecular flexibility index (Phi) is 7.61. The molecule has 8 bridgehead atoms. The van der Waals surface area contributed by atoms with Crippen molar-refractivity contribution < 1.29 is 0 Å². The maximum atomic E-state index is 5.37. The van der Waals surface area contributed by atoms with E-state index in [1.807, 2.05) is 0 Å². The molecule has 4 aromatic heterocycles. The van der Waals surface area contributed by atoms with Crippen LogP contribution in [-0.4, -0.2) is 39.9 Å². The van der Waals surface area contributed by atoms with Crippen molar-refractivity contribution in [3.05, 3.63) is 95.1 Å². The number of H-pyrrole nitrogens is 6. The molecule has 286 valence electrons. The summed E-state index contributed by atoms with van der Waals surface area (Å²) in [5, 5.41) is 6.46. The Hall–Kier alpha value is -5.76. The van der Waals surface area contributed by atoms with Crippen LogP contribution in [0.2, 0.25) is 0 Å². The van der Waals surface area contributed by atoms with Gasteiger partial charge in [-0.2, -0.15) is 0 Å². The van der Waals surface area contributed by atoms with Crippen molar-refractivity contribution >= 4 is 66.2 Å². The summed E-state index contributed by atoms with van der Waals surface area (Å²) in [5.41, 5.74) is 12.1. The second kappa shape index (κ2) is 11.9. The van der Waals surface area contributed by atoms with Gasteiger partial charge in [0.1, 0.15) is 39.7 Å². The minimum Gasteiger partial charge on any atom is -0.327 e. The van der Waals surface area contributed by atoms with E-state index in [9.17, 15) is 0 Å². The highest BCUT2D eigenvalue weighted by Crippen LogP contribution is 2.39. The monoisotopic (exact) mass is 742 g/mol. The molecule has 1 aliphatic rings. The Balaban J connectivity index is 1.50. The first-order valence-electron chi connectivity index (χ1n) is 19.8. The second-order valence-electron chi connectivity index (χ2n) is 19.9. The molecule has 0 amide bonds. The van der Waals surface area contributed by atoms with E-state index >= 15 is 0 Å². The molecule has 5 heterocycles. The van der Waals surface area contributed by atoms with Crippen molar-refractivity contribution in [1.29, 1.82) is 0 Å². The molecule has 0 radical (unpaired) electrons. The van der Waals surface area contributed by atoms with Gasteiger partial charge < -0.3 is 29.9 Å². The van der Waals surface area contributed by atoms with E-state index in [1.165, 1.54) is 22.3 Å². The molecule has 8 nitrogen and oxygen atoms in total. The van der Waals surface area contributed by atoms with E-state index in [2.05, 4.69) is 186 Å². The van der Waals surface area contributed by atoms with Gasteiger partial charge in [0.25, 0.3) is 0 Å². The van der Waals surface area contributed by atoms with E-state index in [1.54, 1.807) is 0 Å². The van der Waals surface area contributed by atoms with Crippen molar-refractivity contribution in [1.82, 2.24) is 39.9 Å². The molecule has 0 unspecified atom stereocenters. The Labute approximate surface area is 327 Å². The highest BCUT2D eigenvalue weighted by Gasteiger charge is 2.24. The van der Waals surface area contributed by atoms with Crippen LogP contribution in [0, 0.1) is 0 Å². The van der Waals surface area contributed by atoms with Gasteiger partial charge in [0.2, 0.25) is 0 Å². The fourth-order valence-electron chi connectivity index (χ4n) is 7.93. The molecule has 0 saturated carbocycles. The van der Waals surface area contributed by atoms with Gasteiger partial charge in [0, 0.05) is 43.4 Å². The first-order valence-corrected chi connectivity index (χ1v) is 19.8. The average molecular weight is 743 g/mol. The summed E-state index contributed by atoms with van der Waals surface area (Å²) in [6.07, 6.45) is 0. The Morgan fingerprint density at radius 3 is 1.20 bits per heavy atom. The number of hydrogen-bond donors (Lipinski definition) is 6. The van der Waals surface area contributed by atoms with Crippen molar-refractivity contribution in [3.8, 4) is 22.8 Å². The summed E-state index contributed by atoms with van der Waals surface area (Å²) >= 11 is 0. The third kappa shape index (κ3) is 5.97. The predicted octanol–water partition coefficient (Wildman–Crippen LogP) is 13.0. The van der Waals surface area contributed by atoms with E-state index in [-0.39, 0.29) is 21.7 Å². The van der Waals surface area contributed by atoms with Gasteiger partial charge >= 0.3 is 0 Å². The zero-order chi connectivity index (χ0) is 39.7. The lowest BCUT2D eigenvalue weighted by Crippen LogP contribution is -2.10. The number of hydrogen-bond acceptors (Lipinski definition) is 2. The molecular formula is C48H54N8. The van der Waals surface area contributed by atoms with Crippen molar-refractivity contribution in [2.75, 3.05) is 0 Å². The molecule has 56 heavy (non-hydrogen) atoms. The number of nitrogens with zero attached hydrogens (tertiary/aromatic N) is 2. The summed E-state index contributed by atoms with van der Waals surface area (Å²) in [7, 11) is 0. The molecule has 0 aliphatic carbocycles. The van der Waals surface area contributed by atoms with Gasteiger partial charge in [-0.15, -0.1) is 0 Å². The Bertz CT molecular complexity index is 3060. The molecule has 0 saturated heterocycles. The molecule has 8 aromatic rings. The predicted molar refractivity (Wildman–Crippen MR) is 236 cm³/mol. The van der Waals surface area contributed by atoms with Crippen LogP contribution in [-0.2, 0) is 21.7 Å². The highest BCUT2D eigenvalue weighted by atomic mass is 15.0. The van der Waals surface area contributed by atoms with Crippen LogP contribution in [0.3, 0.4) is 0 Å². The molecular weight excluding hydrogens is 689 g/mol. The maximum Gasteiger partial charge on any atom is 0.164 e. The van der Waals surface area contributed by atoms with E-state index in [4.69, 9.17) is 9.97 Å². The molecule has 1 aliphatic heterocycles. The zero-order valence-electron chi connectivity index (χ0n) is 34.8. The van der Waals surface area contributed by atoms with Crippen molar-refractivity contribution in [3.63, 3.8) is 0 Å². The Morgan fingerprint density at radius 1 is 0.339 bits per heavy atom. The molecule has 0 atom stereocenters. The van der Waals surface area contributed by atoms with Gasteiger partial charge in [-0.3, -0.25) is 0 Å². The summed E-state index contributed by atoms with van der Waals surface area (Å²) in [6, 6.07) is 27.0. The number of fused-ring (bicyclic) bond motifs is 20. The quantitative estimate of drug-likeness (QED) is 0.0927. The standard InChI is InChI=1S/C48H54N8/c1-45(2,3)25-13-17-29-33(21-25)41-49-37(29)54-42-35-23-27(47(7,8)9)15-19-31(35)39(51-42)56-44-36-24-28(48(10,11)12)16-20-32(36)40(52-44)55-43-34-22-26(46(4,5)6)14-18-30(34)38(50-43)53-41/h13-24,49-51,53-54H,1-12H3,(H,52,55,56).